The van der Waals surface area contributed by atoms with Gasteiger partial charge in [0.1, 0.15) is 4.83 Å². The van der Waals surface area contributed by atoms with E-state index in [4.69, 9.17) is 0 Å². The number of rotatable bonds is 5. The topological polar surface area (TPSA) is 64.0 Å². The van der Waals surface area contributed by atoms with E-state index in [0.29, 0.717) is 15.4 Å². The van der Waals surface area contributed by atoms with Crippen molar-refractivity contribution in [1.82, 2.24) is 9.55 Å². The third-order valence-corrected chi connectivity index (χ3v) is 7.42. The number of amides is 1. The molecule has 0 fully saturated rings. The molecule has 0 bridgehead atoms. The van der Waals surface area contributed by atoms with E-state index < -0.39 is 34.3 Å². The molecule has 1 amide bonds. The van der Waals surface area contributed by atoms with Gasteiger partial charge >= 0.3 is 0 Å². The minimum Gasteiger partial charge on any atom is -0.323 e. The highest BCUT2D eigenvalue weighted by atomic mass is 32.2. The molecular formula is C20H14F3N3O2S3. The lowest BCUT2D eigenvalue weighted by molar-refractivity contribution is -0.115. The summed E-state index contributed by atoms with van der Waals surface area (Å²) in [6.07, 6.45) is 0. The summed E-state index contributed by atoms with van der Waals surface area (Å²) in [6.45, 7) is 1.54. The Labute approximate surface area is 186 Å². The number of thioether (sulfide) groups is 1. The smallest absolute Gasteiger partial charge is 0.263 e. The molecule has 0 radical (unpaired) electrons. The Morgan fingerprint density at radius 3 is 2.68 bits per heavy atom. The van der Waals surface area contributed by atoms with E-state index in [9.17, 15) is 22.8 Å². The van der Waals surface area contributed by atoms with Gasteiger partial charge in [0.05, 0.1) is 16.3 Å². The molecule has 3 aromatic heterocycles. The van der Waals surface area contributed by atoms with Crippen molar-refractivity contribution < 1.29 is 18.0 Å². The van der Waals surface area contributed by atoms with E-state index >= 15 is 0 Å². The van der Waals surface area contributed by atoms with Crippen LogP contribution in [0.25, 0.3) is 20.7 Å². The van der Waals surface area contributed by atoms with E-state index in [1.807, 2.05) is 22.9 Å². The number of fused-ring (bicyclic) bond motifs is 1. The molecule has 11 heteroatoms. The first-order chi connectivity index (χ1) is 14.8. The van der Waals surface area contributed by atoms with E-state index in [1.165, 1.54) is 27.2 Å². The van der Waals surface area contributed by atoms with Crippen LogP contribution >= 0.6 is 34.4 Å². The van der Waals surface area contributed by atoms with Gasteiger partial charge in [0, 0.05) is 22.9 Å². The Hall–Kier alpha value is -2.63. The van der Waals surface area contributed by atoms with Gasteiger partial charge < -0.3 is 5.32 Å². The molecule has 1 aromatic carbocycles. The molecule has 4 rings (SSSR count). The Morgan fingerprint density at radius 2 is 1.97 bits per heavy atom. The fraction of sp³-hybridized carbons (Fsp3) is 0.150. The van der Waals surface area contributed by atoms with Crippen LogP contribution in [-0.2, 0) is 11.8 Å². The zero-order valence-corrected chi connectivity index (χ0v) is 18.6. The summed E-state index contributed by atoms with van der Waals surface area (Å²) in [4.78, 5) is 31.5. The molecule has 0 saturated heterocycles. The first kappa shape index (κ1) is 21.6. The molecule has 5 nitrogen and oxygen atoms in total. The van der Waals surface area contributed by atoms with Crippen LogP contribution in [0.5, 0.6) is 0 Å². The zero-order valence-electron chi connectivity index (χ0n) is 16.1. The normalized spacial score (nSPS) is 12.3. The second kappa shape index (κ2) is 8.48. The maximum absolute atomic E-state index is 13.8. The number of hydrogen-bond acceptors (Lipinski definition) is 6. The summed E-state index contributed by atoms with van der Waals surface area (Å²) in [6, 6.07) is 5.51. The molecule has 0 saturated carbocycles. The van der Waals surface area contributed by atoms with Crippen LogP contribution in [0.3, 0.4) is 0 Å². The van der Waals surface area contributed by atoms with E-state index in [2.05, 4.69) is 10.3 Å². The van der Waals surface area contributed by atoms with Crippen molar-refractivity contribution in [3.63, 3.8) is 0 Å². The number of halogens is 3. The summed E-state index contributed by atoms with van der Waals surface area (Å²) >= 11 is 3.86. The van der Waals surface area contributed by atoms with Crippen LogP contribution < -0.4 is 10.9 Å². The second-order valence-corrected chi connectivity index (χ2v) is 9.65. The van der Waals surface area contributed by atoms with Gasteiger partial charge in [-0.15, -0.1) is 22.7 Å². The Kier molecular flexibility index (Phi) is 5.91. The first-order valence-electron chi connectivity index (χ1n) is 8.91. The highest BCUT2D eigenvalue weighted by Gasteiger charge is 2.22. The largest absolute Gasteiger partial charge is 0.323 e. The van der Waals surface area contributed by atoms with E-state index in [1.54, 1.807) is 14.0 Å². The van der Waals surface area contributed by atoms with Crippen molar-refractivity contribution in [2.75, 3.05) is 5.32 Å². The molecule has 3 heterocycles. The number of carbonyl (C=O) groups is 1. The van der Waals surface area contributed by atoms with Crippen molar-refractivity contribution in [3.05, 3.63) is 62.8 Å². The lowest BCUT2D eigenvalue weighted by Gasteiger charge is -2.14. The lowest BCUT2D eigenvalue weighted by Crippen LogP contribution is -2.26. The number of nitrogens with one attached hydrogen (secondary N) is 1. The molecule has 0 aliphatic heterocycles. The average Bonchev–Trinajstić information content (AvgIpc) is 3.41. The number of aromatic nitrogens is 2. The molecule has 0 aliphatic rings. The number of anilines is 1. The second-order valence-electron chi connectivity index (χ2n) is 6.54. The van der Waals surface area contributed by atoms with Crippen molar-refractivity contribution in [1.29, 1.82) is 0 Å². The number of hydrogen-bond donors (Lipinski definition) is 1. The summed E-state index contributed by atoms with van der Waals surface area (Å²) < 4.78 is 41.7. The maximum Gasteiger partial charge on any atom is 0.263 e. The number of benzene rings is 1. The van der Waals surface area contributed by atoms with Crippen LogP contribution in [0.15, 0.2) is 45.0 Å². The predicted molar refractivity (Wildman–Crippen MR) is 118 cm³/mol. The van der Waals surface area contributed by atoms with Crippen molar-refractivity contribution in [2.24, 2.45) is 7.05 Å². The summed E-state index contributed by atoms with van der Waals surface area (Å²) in [5, 5.41) is 6.08. The molecule has 1 N–H and O–H groups in total. The SMILES string of the molecule is CC(Sc1nc2scc(-c3cccs3)c2c(=O)n1C)C(=O)Nc1ccc(F)c(F)c1F. The highest BCUT2D eigenvalue weighted by molar-refractivity contribution is 8.00. The molecule has 1 atom stereocenters. The van der Waals surface area contributed by atoms with Crippen LogP contribution in [0.1, 0.15) is 6.92 Å². The molecule has 4 aromatic rings. The number of nitrogens with zero attached hydrogens (tertiary/aromatic N) is 2. The Balaban J connectivity index is 1.60. The van der Waals surface area contributed by atoms with Crippen molar-refractivity contribution >= 4 is 56.2 Å². The quantitative estimate of drug-likeness (QED) is 0.240. The molecule has 1 unspecified atom stereocenters. The molecule has 0 spiro atoms. The predicted octanol–water partition coefficient (Wildman–Crippen LogP) is 5.26. The summed E-state index contributed by atoms with van der Waals surface area (Å²) in [7, 11) is 1.56. The van der Waals surface area contributed by atoms with Crippen molar-refractivity contribution in [2.45, 2.75) is 17.3 Å². The minimum absolute atomic E-state index is 0.239. The van der Waals surface area contributed by atoms with Crippen LogP contribution in [-0.4, -0.2) is 20.7 Å². The van der Waals surface area contributed by atoms with Crippen LogP contribution in [0, 0.1) is 17.5 Å². The third kappa shape index (κ3) is 4.00. The number of carbonyl (C=O) groups excluding carboxylic acids is 1. The van der Waals surface area contributed by atoms with Crippen LogP contribution in [0.2, 0.25) is 0 Å². The van der Waals surface area contributed by atoms with Gasteiger partial charge in [-0.3, -0.25) is 14.2 Å². The van der Waals surface area contributed by atoms with Gasteiger partial charge in [0.25, 0.3) is 5.56 Å². The van der Waals surface area contributed by atoms with Gasteiger partial charge in [0.15, 0.2) is 22.6 Å². The fourth-order valence-electron chi connectivity index (χ4n) is 2.84. The summed E-state index contributed by atoms with van der Waals surface area (Å²) in [5.41, 5.74) is 0.114. The number of thiophene rings is 2. The molecular weight excluding hydrogens is 467 g/mol. The lowest BCUT2D eigenvalue weighted by atomic mass is 10.2. The van der Waals surface area contributed by atoms with E-state index in [-0.39, 0.29) is 5.56 Å². The van der Waals surface area contributed by atoms with Crippen LogP contribution in [0.4, 0.5) is 18.9 Å². The van der Waals surface area contributed by atoms with Crippen molar-refractivity contribution in [3.8, 4) is 10.4 Å². The first-order valence-corrected chi connectivity index (χ1v) is 11.5. The average molecular weight is 482 g/mol. The maximum atomic E-state index is 13.8. The Morgan fingerprint density at radius 1 is 1.19 bits per heavy atom. The van der Waals surface area contributed by atoms with Gasteiger partial charge in [-0.2, -0.15) is 0 Å². The summed E-state index contributed by atoms with van der Waals surface area (Å²) in [5.74, 6) is -5.12. The third-order valence-electron chi connectivity index (χ3n) is 4.51. The molecule has 0 aliphatic carbocycles. The Bertz CT molecular complexity index is 1350. The molecule has 160 valence electrons. The van der Waals surface area contributed by atoms with Gasteiger partial charge in [0.2, 0.25) is 5.91 Å². The fourth-order valence-corrected chi connectivity index (χ4v) is 5.52. The van der Waals surface area contributed by atoms with E-state index in [0.717, 1.165) is 34.3 Å². The standard InChI is InChI=1S/C20H14F3N3O2S3/c1-9(17(27)24-12-6-5-11(21)15(22)16(12)23)31-20-25-18-14(19(28)26(20)2)10(8-30-18)13-4-3-7-29-13/h3-9H,1-2H3,(H,24,27). The molecule has 31 heavy (non-hydrogen) atoms. The minimum atomic E-state index is -1.66. The van der Waals surface area contributed by atoms with Gasteiger partial charge in [-0.25, -0.2) is 18.2 Å². The zero-order chi connectivity index (χ0) is 22.3. The highest BCUT2D eigenvalue weighted by Crippen LogP contribution is 2.35. The monoisotopic (exact) mass is 481 g/mol. The van der Waals surface area contributed by atoms with Gasteiger partial charge in [-0.05, 0) is 30.5 Å². The van der Waals surface area contributed by atoms with Gasteiger partial charge in [-0.1, -0.05) is 17.8 Å².